The Morgan fingerprint density at radius 1 is 1.07 bits per heavy atom. The molecule has 28 heavy (non-hydrogen) atoms. The molecule has 0 aliphatic carbocycles. The van der Waals surface area contributed by atoms with Gasteiger partial charge in [0.1, 0.15) is 17.3 Å². The maximum absolute atomic E-state index is 13.6. The van der Waals surface area contributed by atoms with Crippen molar-refractivity contribution in [2.75, 3.05) is 16.4 Å². The minimum atomic E-state index is -3.84. The quantitative estimate of drug-likeness (QED) is 0.509. The predicted octanol–water partition coefficient (Wildman–Crippen LogP) is 1.61. The Kier molecular flexibility index (Phi) is 4.94. The van der Waals surface area contributed by atoms with Crippen LogP contribution in [0.2, 0.25) is 0 Å². The van der Waals surface area contributed by atoms with E-state index in [1.807, 2.05) is 5.32 Å². The average Bonchev–Trinajstić information content (AvgIpc) is 2.98. The van der Waals surface area contributed by atoms with E-state index in [0.29, 0.717) is 10.4 Å². The van der Waals surface area contributed by atoms with Gasteiger partial charge in [-0.05, 0) is 36.4 Å². The van der Waals surface area contributed by atoms with Crippen molar-refractivity contribution in [3.05, 3.63) is 54.1 Å². The molecule has 0 atom stereocenters. The largest absolute Gasteiger partial charge is 0.368 e. The van der Waals surface area contributed by atoms with Crippen LogP contribution in [0.3, 0.4) is 0 Å². The molecule has 2 aromatic carbocycles. The van der Waals surface area contributed by atoms with Crippen molar-refractivity contribution in [2.24, 2.45) is 5.14 Å². The number of benzene rings is 2. The maximum Gasteiger partial charge on any atom is 0.350 e. The monoisotopic (exact) mass is 409 g/mol. The van der Waals surface area contributed by atoms with Gasteiger partial charge in [0.2, 0.25) is 21.9 Å². The first kappa shape index (κ1) is 19.2. The van der Waals surface area contributed by atoms with Crippen molar-refractivity contribution in [3.63, 3.8) is 0 Å². The van der Waals surface area contributed by atoms with Gasteiger partial charge in [-0.25, -0.2) is 27.1 Å². The number of nitrogen functional groups attached to an aromatic ring is 1. The van der Waals surface area contributed by atoms with Crippen LogP contribution in [0.4, 0.5) is 36.8 Å². The van der Waals surface area contributed by atoms with Crippen LogP contribution < -0.4 is 21.5 Å². The summed E-state index contributed by atoms with van der Waals surface area (Å²) in [6.45, 7) is 0. The zero-order chi connectivity index (χ0) is 20.5. The van der Waals surface area contributed by atoms with Gasteiger partial charge < -0.3 is 16.4 Å². The molecule has 13 heteroatoms. The van der Waals surface area contributed by atoms with Gasteiger partial charge in [0.15, 0.2) is 0 Å². The summed E-state index contributed by atoms with van der Waals surface area (Å²) in [4.78, 5) is 15.9. The van der Waals surface area contributed by atoms with Gasteiger partial charge in [-0.3, -0.25) is 0 Å². The van der Waals surface area contributed by atoms with E-state index in [1.165, 1.54) is 24.3 Å². The molecule has 0 aliphatic rings. The molecule has 1 heterocycles. The highest BCUT2D eigenvalue weighted by Crippen LogP contribution is 2.20. The van der Waals surface area contributed by atoms with Crippen molar-refractivity contribution in [3.8, 4) is 0 Å². The standard InChI is InChI=1S/C15H13F2N7O3S/c16-10-2-1-3-11(17)12(10)21-15(25)24-13(18)22-14(23-24)20-8-4-6-9(7-5-8)28(19,26)27/h1-7H,(H,21,25)(H2,19,26,27)(H3,18,20,22,23). The number of amides is 1. The van der Waals surface area contributed by atoms with Crippen LogP contribution in [0.1, 0.15) is 0 Å². The van der Waals surface area contributed by atoms with E-state index >= 15 is 0 Å². The second-order valence-corrected chi connectivity index (χ2v) is 6.99. The summed E-state index contributed by atoms with van der Waals surface area (Å²) in [5.41, 5.74) is 5.33. The number of hydrogen-bond acceptors (Lipinski definition) is 7. The van der Waals surface area contributed by atoms with E-state index in [0.717, 1.165) is 18.2 Å². The van der Waals surface area contributed by atoms with Crippen molar-refractivity contribution in [1.29, 1.82) is 0 Å². The molecule has 0 radical (unpaired) electrons. The minimum absolute atomic E-state index is 0.0951. The lowest BCUT2D eigenvalue weighted by Gasteiger charge is -2.07. The molecule has 0 saturated heterocycles. The van der Waals surface area contributed by atoms with E-state index in [1.54, 1.807) is 0 Å². The van der Waals surface area contributed by atoms with Crippen molar-refractivity contribution < 1.29 is 22.0 Å². The number of primary sulfonamides is 1. The summed E-state index contributed by atoms with van der Waals surface area (Å²) in [6, 6.07) is 7.36. The number of anilines is 4. The Balaban J connectivity index is 1.78. The molecule has 0 saturated carbocycles. The molecule has 0 fully saturated rings. The van der Waals surface area contributed by atoms with E-state index in [-0.39, 0.29) is 16.8 Å². The Morgan fingerprint density at radius 3 is 2.25 bits per heavy atom. The molecule has 3 aromatic rings. The molecule has 3 rings (SSSR count). The molecule has 0 aliphatic heterocycles. The van der Waals surface area contributed by atoms with E-state index in [2.05, 4.69) is 15.4 Å². The lowest BCUT2D eigenvalue weighted by atomic mass is 10.3. The fourth-order valence-corrected chi connectivity index (χ4v) is 2.68. The predicted molar refractivity (Wildman–Crippen MR) is 96.3 cm³/mol. The van der Waals surface area contributed by atoms with Crippen molar-refractivity contribution in [1.82, 2.24) is 14.8 Å². The molecule has 10 nitrogen and oxygen atoms in total. The van der Waals surface area contributed by atoms with Crippen LogP contribution in [-0.2, 0) is 10.0 Å². The summed E-state index contributed by atoms with van der Waals surface area (Å²) in [5.74, 6) is -2.40. The van der Waals surface area contributed by atoms with Crippen LogP contribution in [0.25, 0.3) is 0 Å². The van der Waals surface area contributed by atoms with Crippen LogP contribution >= 0.6 is 0 Å². The summed E-state index contributed by atoms with van der Waals surface area (Å²) in [6.07, 6.45) is 0. The number of carbonyl (C=O) groups excluding carboxylic acids is 1. The molecule has 0 spiro atoms. The van der Waals surface area contributed by atoms with Gasteiger partial charge in [-0.1, -0.05) is 6.07 Å². The average molecular weight is 409 g/mol. The Morgan fingerprint density at radius 2 is 1.68 bits per heavy atom. The second-order valence-electron chi connectivity index (χ2n) is 5.43. The Labute approximate surface area is 157 Å². The van der Waals surface area contributed by atoms with Gasteiger partial charge in [0.05, 0.1) is 4.90 Å². The third-order valence-electron chi connectivity index (χ3n) is 3.46. The number of halogens is 2. The Bertz CT molecular complexity index is 1130. The highest BCUT2D eigenvalue weighted by molar-refractivity contribution is 7.89. The first-order valence-corrected chi connectivity index (χ1v) is 9.07. The highest BCUT2D eigenvalue weighted by atomic mass is 32.2. The van der Waals surface area contributed by atoms with Crippen molar-refractivity contribution in [2.45, 2.75) is 4.90 Å². The van der Waals surface area contributed by atoms with Crippen LogP contribution in [-0.4, -0.2) is 29.2 Å². The van der Waals surface area contributed by atoms with Gasteiger partial charge >= 0.3 is 6.03 Å². The molecule has 0 bridgehead atoms. The molecule has 1 amide bonds. The smallest absolute Gasteiger partial charge is 0.350 e. The van der Waals surface area contributed by atoms with Crippen LogP contribution in [0, 0.1) is 11.6 Å². The van der Waals surface area contributed by atoms with Gasteiger partial charge in [-0.2, -0.15) is 4.98 Å². The molecule has 6 N–H and O–H groups in total. The lowest BCUT2D eigenvalue weighted by Crippen LogP contribution is -2.23. The highest BCUT2D eigenvalue weighted by Gasteiger charge is 2.18. The third kappa shape index (κ3) is 4.05. The number of sulfonamides is 1. The number of carbonyl (C=O) groups is 1. The summed E-state index contributed by atoms with van der Waals surface area (Å²) in [5, 5.41) is 13.5. The summed E-state index contributed by atoms with van der Waals surface area (Å²) in [7, 11) is -3.84. The van der Waals surface area contributed by atoms with E-state index < -0.39 is 33.4 Å². The zero-order valence-corrected chi connectivity index (χ0v) is 14.7. The first-order chi connectivity index (χ1) is 13.1. The van der Waals surface area contributed by atoms with Gasteiger partial charge in [0, 0.05) is 5.69 Å². The van der Waals surface area contributed by atoms with E-state index in [9.17, 15) is 22.0 Å². The molecular formula is C15H13F2N7O3S. The topological polar surface area (TPSA) is 158 Å². The molecule has 1 aromatic heterocycles. The van der Waals surface area contributed by atoms with E-state index in [4.69, 9.17) is 10.9 Å². The second kappa shape index (κ2) is 7.21. The normalized spacial score (nSPS) is 11.2. The van der Waals surface area contributed by atoms with Gasteiger partial charge in [-0.15, -0.1) is 9.78 Å². The number of nitrogens with two attached hydrogens (primary N) is 2. The first-order valence-electron chi connectivity index (χ1n) is 7.53. The fraction of sp³-hybridized carbons (Fsp3) is 0. The van der Waals surface area contributed by atoms with Gasteiger partial charge in [0.25, 0.3) is 0 Å². The number of nitrogens with one attached hydrogen (secondary N) is 2. The van der Waals surface area contributed by atoms with Crippen LogP contribution in [0.15, 0.2) is 47.4 Å². The lowest BCUT2D eigenvalue weighted by molar-refractivity contribution is 0.251. The fourth-order valence-electron chi connectivity index (χ4n) is 2.16. The number of hydrogen-bond donors (Lipinski definition) is 4. The summed E-state index contributed by atoms with van der Waals surface area (Å²) >= 11 is 0. The minimum Gasteiger partial charge on any atom is -0.368 e. The number of aromatic nitrogens is 3. The molecule has 146 valence electrons. The zero-order valence-electron chi connectivity index (χ0n) is 13.9. The maximum atomic E-state index is 13.6. The number of nitrogens with zero attached hydrogens (tertiary/aromatic N) is 3. The molecular weight excluding hydrogens is 396 g/mol. The molecule has 0 unspecified atom stereocenters. The Hall–Kier alpha value is -3.58. The third-order valence-corrected chi connectivity index (χ3v) is 4.39. The SMILES string of the molecule is Nc1nc(Nc2ccc(S(N)(=O)=O)cc2)nn1C(=O)Nc1c(F)cccc1F. The number of rotatable bonds is 4. The number of para-hydroxylation sites is 1. The van der Waals surface area contributed by atoms with Crippen molar-refractivity contribution >= 4 is 39.3 Å². The van der Waals surface area contributed by atoms with Crippen LogP contribution in [0.5, 0.6) is 0 Å². The summed E-state index contributed by atoms with van der Waals surface area (Å²) < 4.78 is 50.4.